The third-order valence-electron chi connectivity index (χ3n) is 6.01. The van der Waals surface area contributed by atoms with Crippen molar-refractivity contribution in [2.24, 2.45) is 0 Å². The van der Waals surface area contributed by atoms with E-state index in [-0.39, 0.29) is 12.7 Å². The Bertz CT molecular complexity index is 1380. The van der Waals surface area contributed by atoms with E-state index in [4.69, 9.17) is 19.2 Å². The Morgan fingerprint density at radius 1 is 1.00 bits per heavy atom. The average molecular weight is 439 g/mol. The van der Waals surface area contributed by atoms with E-state index >= 15 is 0 Å². The summed E-state index contributed by atoms with van der Waals surface area (Å²) < 4.78 is 16.0. The van der Waals surface area contributed by atoms with Gasteiger partial charge in [0.25, 0.3) is 5.91 Å². The predicted octanol–water partition coefficient (Wildman–Crippen LogP) is 4.92. The number of nitrogens with zero attached hydrogens (tertiary/aromatic N) is 2. The molecule has 1 N–H and O–H groups in total. The van der Waals surface area contributed by atoms with Gasteiger partial charge in [-0.1, -0.05) is 0 Å². The molecule has 2 aliphatic rings. The number of amides is 1. The number of rotatable bonds is 4. The maximum atomic E-state index is 12.7. The maximum absolute atomic E-state index is 12.7. The average Bonchev–Trinajstić information content (AvgIpc) is 3.48. The van der Waals surface area contributed by atoms with Crippen LogP contribution in [0.3, 0.4) is 0 Å². The minimum absolute atomic E-state index is 0.182. The summed E-state index contributed by atoms with van der Waals surface area (Å²) in [6.45, 7) is 1.05. The number of ether oxygens (including phenoxy) is 3. The van der Waals surface area contributed by atoms with Gasteiger partial charge in [0, 0.05) is 41.0 Å². The van der Waals surface area contributed by atoms with Crippen LogP contribution >= 0.6 is 0 Å². The third kappa shape index (κ3) is 3.47. The van der Waals surface area contributed by atoms with Gasteiger partial charge in [-0.25, -0.2) is 4.98 Å². The summed E-state index contributed by atoms with van der Waals surface area (Å²) in [5.74, 6) is 2.88. The minimum Gasteiger partial charge on any atom is -0.497 e. The molecule has 6 rings (SSSR count). The van der Waals surface area contributed by atoms with Crippen LogP contribution in [0.5, 0.6) is 17.2 Å². The first kappa shape index (κ1) is 19.4. The molecule has 0 fully saturated rings. The Morgan fingerprint density at radius 3 is 2.70 bits per heavy atom. The Kier molecular flexibility index (Phi) is 4.54. The molecule has 0 bridgehead atoms. The van der Waals surface area contributed by atoms with Gasteiger partial charge in [-0.15, -0.1) is 0 Å². The molecule has 0 aliphatic carbocycles. The zero-order chi connectivity index (χ0) is 22.4. The van der Waals surface area contributed by atoms with Crippen LogP contribution in [0.2, 0.25) is 0 Å². The summed E-state index contributed by atoms with van der Waals surface area (Å²) in [4.78, 5) is 19.8. The number of hydrogen-bond donors (Lipinski definition) is 1. The fourth-order valence-corrected chi connectivity index (χ4v) is 4.29. The second-order valence-electron chi connectivity index (χ2n) is 8.00. The van der Waals surface area contributed by atoms with Crippen molar-refractivity contribution in [1.29, 1.82) is 0 Å². The summed E-state index contributed by atoms with van der Waals surface area (Å²) in [5.41, 5.74) is 4.36. The first-order chi connectivity index (χ1) is 16.2. The largest absolute Gasteiger partial charge is 0.497 e. The number of aromatic nitrogens is 1. The number of nitrogens with one attached hydrogen (secondary N) is 1. The normalized spacial score (nSPS) is 13.8. The SMILES string of the molecule is COc1ccc2cc3c(nc2c1)N(c1ccc(C(=O)Nc2ccc4c(c2)OCO4)cc1)CC3. The summed E-state index contributed by atoms with van der Waals surface area (Å²) in [7, 11) is 1.66. The zero-order valence-electron chi connectivity index (χ0n) is 18.0. The molecule has 0 radical (unpaired) electrons. The van der Waals surface area contributed by atoms with Crippen molar-refractivity contribution < 1.29 is 19.0 Å². The fraction of sp³-hybridized carbons (Fsp3) is 0.154. The topological polar surface area (TPSA) is 72.9 Å². The molecular weight excluding hydrogens is 418 g/mol. The summed E-state index contributed by atoms with van der Waals surface area (Å²) in [6.07, 6.45) is 0.927. The van der Waals surface area contributed by atoms with E-state index in [0.717, 1.165) is 41.1 Å². The second-order valence-corrected chi connectivity index (χ2v) is 8.00. The monoisotopic (exact) mass is 439 g/mol. The molecule has 0 atom stereocenters. The molecule has 164 valence electrons. The number of benzene rings is 3. The van der Waals surface area contributed by atoms with Crippen molar-refractivity contribution in [2.75, 3.05) is 30.7 Å². The van der Waals surface area contributed by atoms with E-state index < -0.39 is 0 Å². The Labute approximate surface area is 190 Å². The molecule has 33 heavy (non-hydrogen) atoms. The molecule has 7 heteroatoms. The van der Waals surface area contributed by atoms with E-state index in [0.29, 0.717) is 22.7 Å². The smallest absolute Gasteiger partial charge is 0.255 e. The highest BCUT2D eigenvalue weighted by atomic mass is 16.7. The number of pyridine rings is 1. The van der Waals surface area contributed by atoms with Crippen LogP contribution in [0.1, 0.15) is 15.9 Å². The molecule has 2 aliphatic heterocycles. The number of fused-ring (bicyclic) bond motifs is 3. The predicted molar refractivity (Wildman–Crippen MR) is 126 cm³/mol. The van der Waals surface area contributed by atoms with Gasteiger partial charge < -0.3 is 24.4 Å². The first-order valence-corrected chi connectivity index (χ1v) is 10.7. The lowest BCUT2D eigenvalue weighted by atomic mass is 10.1. The highest BCUT2D eigenvalue weighted by molar-refractivity contribution is 6.04. The zero-order valence-corrected chi connectivity index (χ0v) is 18.0. The van der Waals surface area contributed by atoms with Crippen LogP contribution in [0, 0.1) is 0 Å². The molecule has 1 amide bonds. The molecule has 7 nitrogen and oxygen atoms in total. The highest BCUT2D eigenvalue weighted by Crippen LogP contribution is 2.36. The van der Waals surface area contributed by atoms with Gasteiger partial charge in [0.2, 0.25) is 6.79 Å². The van der Waals surface area contributed by atoms with Gasteiger partial charge >= 0.3 is 0 Å². The Hall–Kier alpha value is -4.26. The number of methoxy groups -OCH3 is 1. The maximum Gasteiger partial charge on any atom is 0.255 e. The van der Waals surface area contributed by atoms with Gasteiger partial charge in [0.15, 0.2) is 11.5 Å². The van der Waals surface area contributed by atoms with Crippen molar-refractivity contribution >= 4 is 34.0 Å². The molecule has 0 unspecified atom stereocenters. The number of carbonyl (C=O) groups is 1. The minimum atomic E-state index is -0.182. The molecule has 0 saturated carbocycles. The number of anilines is 3. The van der Waals surface area contributed by atoms with E-state index in [1.54, 1.807) is 25.3 Å². The lowest BCUT2D eigenvalue weighted by Gasteiger charge is -2.19. The molecular formula is C26H21N3O4. The quantitative estimate of drug-likeness (QED) is 0.487. The number of carbonyl (C=O) groups excluding carboxylic acids is 1. The first-order valence-electron chi connectivity index (χ1n) is 10.7. The van der Waals surface area contributed by atoms with Crippen LogP contribution < -0.4 is 24.4 Å². The van der Waals surface area contributed by atoms with E-state index in [9.17, 15) is 4.79 Å². The van der Waals surface area contributed by atoms with Crippen LogP contribution in [-0.2, 0) is 6.42 Å². The summed E-state index contributed by atoms with van der Waals surface area (Å²) in [6, 6.07) is 21.1. The summed E-state index contributed by atoms with van der Waals surface area (Å²) in [5, 5.41) is 4.01. The van der Waals surface area contributed by atoms with Gasteiger partial charge in [-0.3, -0.25) is 4.79 Å². The number of hydrogen-bond acceptors (Lipinski definition) is 6. The van der Waals surface area contributed by atoms with Gasteiger partial charge in [-0.05, 0) is 66.6 Å². The van der Waals surface area contributed by atoms with Crippen molar-refractivity contribution in [3.05, 3.63) is 77.9 Å². The molecule has 1 aromatic heterocycles. The van der Waals surface area contributed by atoms with Crippen molar-refractivity contribution in [2.45, 2.75) is 6.42 Å². The van der Waals surface area contributed by atoms with Crippen LogP contribution in [0.4, 0.5) is 17.2 Å². The second kappa shape index (κ2) is 7.70. The van der Waals surface area contributed by atoms with Gasteiger partial charge in [0.1, 0.15) is 11.6 Å². The van der Waals surface area contributed by atoms with E-state index in [1.807, 2.05) is 42.5 Å². The standard InChI is InChI=1S/C26H21N3O4/c1-31-21-8-4-17-12-18-10-11-29(25(18)28-22(17)14-21)20-6-2-16(3-7-20)26(30)27-19-5-9-23-24(13-19)33-15-32-23/h2-9,12-14H,10-11,15H2,1H3,(H,27,30). The molecule has 3 heterocycles. The summed E-state index contributed by atoms with van der Waals surface area (Å²) >= 11 is 0. The van der Waals surface area contributed by atoms with Crippen LogP contribution in [-0.4, -0.2) is 31.3 Å². The molecule has 0 saturated heterocycles. The van der Waals surface area contributed by atoms with Crippen molar-refractivity contribution in [1.82, 2.24) is 4.98 Å². The lowest BCUT2D eigenvalue weighted by molar-refractivity contribution is 0.102. The molecule has 4 aromatic rings. The van der Waals surface area contributed by atoms with E-state index in [2.05, 4.69) is 16.3 Å². The third-order valence-corrected chi connectivity index (χ3v) is 6.01. The lowest BCUT2D eigenvalue weighted by Crippen LogP contribution is -2.15. The highest BCUT2D eigenvalue weighted by Gasteiger charge is 2.23. The Balaban J connectivity index is 1.23. The fourth-order valence-electron chi connectivity index (χ4n) is 4.29. The van der Waals surface area contributed by atoms with E-state index in [1.165, 1.54) is 5.56 Å². The molecule has 3 aromatic carbocycles. The Morgan fingerprint density at radius 2 is 1.85 bits per heavy atom. The van der Waals surface area contributed by atoms with Crippen molar-refractivity contribution in [3.63, 3.8) is 0 Å². The van der Waals surface area contributed by atoms with Crippen molar-refractivity contribution in [3.8, 4) is 17.2 Å². The van der Waals surface area contributed by atoms with Gasteiger partial charge in [-0.2, -0.15) is 0 Å². The molecule has 0 spiro atoms. The van der Waals surface area contributed by atoms with Crippen LogP contribution in [0.25, 0.3) is 10.9 Å². The van der Waals surface area contributed by atoms with Gasteiger partial charge in [0.05, 0.1) is 12.6 Å². The van der Waals surface area contributed by atoms with Crippen LogP contribution in [0.15, 0.2) is 66.7 Å².